The molecular weight excluding hydrogens is 246 g/mol. The number of benzene rings is 1. The molecule has 0 radical (unpaired) electrons. The fraction of sp³-hybridized carbons (Fsp3) is 0.400. The Balaban J connectivity index is 2.44. The van der Waals surface area contributed by atoms with Crippen LogP contribution in [-0.4, -0.2) is 13.2 Å². The van der Waals surface area contributed by atoms with Crippen molar-refractivity contribution in [1.29, 1.82) is 0 Å². The summed E-state index contributed by atoms with van der Waals surface area (Å²) in [6.45, 7) is 3.11. The van der Waals surface area contributed by atoms with E-state index in [2.05, 4.69) is 15.9 Å². The molecule has 1 saturated heterocycles. The average molecular weight is 258 g/mol. The third kappa shape index (κ3) is 1.65. The smallest absolute Gasteiger partial charge is 0.194 e. The van der Waals surface area contributed by atoms with Crippen molar-refractivity contribution in [1.82, 2.24) is 0 Å². The topological polar surface area (TPSA) is 44.5 Å². The number of ether oxygens (including phenoxy) is 2. The summed E-state index contributed by atoms with van der Waals surface area (Å²) in [6, 6.07) is 5.67. The highest BCUT2D eigenvalue weighted by molar-refractivity contribution is 9.10. The van der Waals surface area contributed by atoms with E-state index >= 15 is 0 Å². The first-order valence-electron chi connectivity index (χ1n) is 4.45. The van der Waals surface area contributed by atoms with Crippen LogP contribution in [0, 0.1) is 0 Å². The number of halogens is 1. The fourth-order valence-electron chi connectivity index (χ4n) is 1.59. The van der Waals surface area contributed by atoms with Crippen LogP contribution >= 0.6 is 15.9 Å². The van der Waals surface area contributed by atoms with Gasteiger partial charge in [-0.05, 0) is 25.1 Å². The summed E-state index contributed by atoms with van der Waals surface area (Å²) >= 11 is 3.40. The van der Waals surface area contributed by atoms with Gasteiger partial charge in [-0.3, -0.25) is 0 Å². The van der Waals surface area contributed by atoms with Gasteiger partial charge in [-0.1, -0.05) is 15.9 Å². The summed E-state index contributed by atoms with van der Waals surface area (Å²) in [7, 11) is 0. The van der Waals surface area contributed by atoms with Gasteiger partial charge in [-0.2, -0.15) is 0 Å². The van der Waals surface area contributed by atoms with Crippen molar-refractivity contribution in [3.8, 4) is 0 Å². The molecule has 0 unspecified atom stereocenters. The third-order valence-electron chi connectivity index (χ3n) is 2.34. The average Bonchev–Trinajstić information content (AvgIpc) is 2.58. The van der Waals surface area contributed by atoms with Crippen molar-refractivity contribution < 1.29 is 9.47 Å². The fourth-order valence-corrected chi connectivity index (χ4v) is 1.95. The molecule has 0 spiro atoms. The lowest BCUT2D eigenvalue weighted by atomic mass is 10.1. The zero-order valence-corrected chi connectivity index (χ0v) is 9.50. The Morgan fingerprint density at radius 1 is 1.36 bits per heavy atom. The maximum absolute atomic E-state index is 5.87. The lowest BCUT2D eigenvalue weighted by molar-refractivity contribution is -0.149. The molecule has 0 aliphatic carbocycles. The van der Waals surface area contributed by atoms with Crippen LogP contribution < -0.4 is 5.73 Å². The zero-order valence-electron chi connectivity index (χ0n) is 7.92. The number of nitrogen functional groups attached to an aromatic ring is 1. The van der Waals surface area contributed by atoms with Gasteiger partial charge in [-0.15, -0.1) is 0 Å². The van der Waals surface area contributed by atoms with Crippen molar-refractivity contribution in [2.24, 2.45) is 0 Å². The van der Waals surface area contributed by atoms with Gasteiger partial charge in [0, 0.05) is 15.7 Å². The molecule has 0 atom stereocenters. The van der Waals surface area contributed by atoms with Gasteiger partial charge in [0.25, 0.3) is 0 Å². The Morgan fingerprint density at radius 3 is 2.64 bits per heavy atom. The Morgan fingerprint density at radius 2 is 2.00 bits per heavy atom. The maximum atomic E-state index is 5.87. The second kappa shape index (κ2) is 3.53. The molecule has 0 aromatic heterocycles. The molecule has 0 saturated carbocycles. The van der Waals surface area contributed by atoms with Crippen LogP contribution in [0.1, 0.15) is 12.5 Å². The van der Waals surface area contributed by atoms with Crippen molar-refractivity contribution >= 4 is 21.6 Å². The van der Waals surface area contributed by atoms with Crippen LogP contribution in [0.3, 0.4) is 0 Å². The van der Waals surface area contributed by atoms with Crippen LogP contribution in [0.15, 0.2) is 22.7 Å². The molecule has 76 valence electrons. The molecule has 1 aromatic carbocycles. The molecule has 0 amide bonds. The molecule has 0 bridgehead atoms. The minimum atomic E-state index is -0.687. The molecule has 1 fully saturated rings. The van der Waals surface area contributed by atoms with E-state index in [0.29, 0.717) is 18.9 Å². The van der Waals surface area contributed by atoms with E-state index in [1.165, 1.54) is 0 Å². The monoisotopic (exact) mass is 257 g/mol. The number of rotatable bonds is 1. The summed E-state index contributed by atoms with van der Waals surface area (Å²) in [6.07, 6.45) is 0. The van der Waals surface area contributed by atoms with Gasteiger partial charge in [0.1, 0.15) is 0 Å². The van der Waals surface area contributed by atoms with E-state index in [0.717, 1.165) is 10.0 Å². The molecular formula is C10H12BrNO2. The van der Waals surface area contributed by atoms with Gasteiger partial charge < -0.3 is 15.2 Å². The summed E-state index contributed by atoms with van der Waals surface area (Å²) in [4.78, 5) is 0. The van der Waals surface area contributed by atoms with Crippen molar-refractivity contribution in [2.75, 3.05) is 18.9 Å². The molecule has 4 heteroatoms. The largest absolute Gasteiger partial charge is 0.398 e. The zero-order chi connectivity index (χ0) is 10.2. The van der Waals surface area contributed by atoms with Crippen LogP contribution in [0.4, 0.5) is 5.69 Å². The minimum Gasteiger partial charge on any atom is -0.398 e. The van der Waals surface area contributed by atoms with E-state index in [1.54, 1.807) is 0 Å². The summed E-state index contributed by atoms with van der Waals surface area (Å²) in [5.74, 6) is -0.687. The third-order valence-corrected chi connectivity index (χ3v) is 2.84. The van der Waals surface area contributed by atoms with Crippen LogP contribution in [0.25, 0.3) is 0 Å². The summed E-state index contributed by atoms with van der Waals surface area (Å²) < 4.78 is 12.1. The molecule has 14 heavy (non-hydrogen) atoms. The van der Waals surface area contributed by atoms with Gasteiger partial charge in [-0.25, -0.2) is 0 Å². The number of anilines is 1. The lowest BCUT2D eigenvalue weighted by Gasteiger charge is -2.24. The minimum absolute atomic E-state index is 0.614. The summed E-state index contributed by atoms with van der Waals surface area (Å²) in [5.41, 5.74) is 7.44. The molecule has 3 nitrogen and oxygen atoms in total. The van der Waals surface area contributed by atoms with Crippen LogP contribution in [-0.2, 0) is 15.3 Å². The van der Waals surface area contributed by atoms with Gasteiger partial charge >= 0.3 is 0 Å². The number of nitrogens with two attached hydrogens (primary N) is 1. The van der Waals surface area contributed by atoms with Crippen molar-refractivity contribution in [2.45, 2.75) is 12.7 Å². The second-order valence-corrected chi connectivity index (χ2v) is 4.29. The van der Waals surface area contributed by atoms with Gasteiger partial charge in [0.15, 0.2) is 5.79 Å². The van der Waals surface area contributed by atoms with Crippen molar-refractivity contribution in [3.63, 3.8) is 0 Å². The highest BCUT2D eigenvalue weighted by Gasteiger charge is 2.34. The van der Waals surface area contributed by atoms with Gasteiger partial charge in [0.2, 0.25) is 0 Å². The van der Waals surface area contributed by atoms with Crippen LogP contribution in [0.5, 0.6) is 0 Å². The van der Waals surface area contributed by atoms with E-state index in [9.17, 15) is 0 Å². The van der Waals surface area contributed by atoms with Crippen LogP contribution in [0.2, 0.25) is 0 Å². The lowest BCUT2D eigenvalue weighted by Crippen LogP contribution is -2.23. The van der Waals surface area contributed by atoms with Gasteiger partial charge in [0.05, 0.1) is 13.2 Å². The molecule has 1 aliphatic rings. The highest BCUT2D eigenvalue weighted by Crippen LogP contribution is 2.35. The second-order valence-electron chi connectivity index (χ2n) is 3.37. The Hall–Kier alpha value is -0.580. The standard InChI is InChI=1S/C10H12BrNO2/c1-10(13-4-5-14-10)8-6-7(11)2-3-9(8)12/h2-3,6H,4-5,12H2,1H3. The van der Waals surface area contributed by atoms with E-state index < -0.39 is 5.79 Å². The molecule has 1 aromatic rings. The highest BCUT2D eigenvalue weighted by atomic mass is 79.9. The molecule has 2 rings (SSSR count). The number of hydrogen-bond donors (Lipinski definition) is 1. The van der Waals surface area contributed by atoms with Crippen molar-refractivity contribution in [3.05, 3.63) is 28.2 Å². The first kappa shape index (κ1) is 9.96. The summed E-state index contributed by atoms with van der Waals surface area (Å²) in [5, 5.41) is 0. The van der Waals surface area contributed by atoms with E-state index in [1.807, 2.05) is 25.1 Å². The number of hydrogen-bond acceptors (Lipinski definition) is 3. The molecule has 1 aliphatic heterocycles. The Kier molecular flexibility index (Phi) is 2.51. The molecule has 1 heterocycles. The normalized spacial score (nSPS) is 19.9. The van der Waals surface area contributed by atoms with E-state index in [4.69, 9.17) is 15.2 Å². The Labute approximate surface area is 91.3 Å². The van der Waals surface area contributed by atoms with E-state index in [-0.39, 0.29) is 0 Å². The predicted molar refractivity (Wildman–Crippen MR) is 57.8 cm³/mol. The Bertz CT molecular complexity index is 348. The predicted octanol–water partition coefficient (Wildman–Crippen LogP) is 2.25. The first-order valence-corrected chi connectivity index (χ1v) is 5.24. The SMILES string of the molecule is CC1(c2cc(Br)ccc2N)OCCO1. The molecule has 2 N–H and O–H groups in total. The first-order chi connectivity index (χ1) is 6.62. The quantitative estimate of drug-likeness (QED) is 0.786. The maximum Gasteiger partial charge on any atom is 0.194 e.